The lowest BCUT2D eigenvalue weighted by atomic mass is 9.65. The molecule has 3 saturated carbocycles. The third-order valence-corrected chi connectivity index (χ3v) is 6.54. The molecule has 0 aliphatic heterocycles. The Labute approximate surface area is 108 Å². The Morgan fingerprint density at radius 2 is 1.94 bits per heavy atom. The maximum atomic E-state index is 11.6. The van der Waals surface area contributed by atoms with Crippen molar-refractivity contribution in [1.82, 2.24) is 0 Å². The first kappa shape index (κ1) is 11.1. The summed E-state index contributed by atoms with van der Waals surface area (Å²) in [5.74, 6) is 2.07. The zero-order chi connectivity index (χ0) is 12.5. The molecule has 0 radical (unpaired) electrons. The summed E-state index contributed by atoms with van der Waals surface area (Å²) < 4.78 is 0. The number of hydrogen-bond donors (Lipinski definition) is 1. The quantitative estimate of drug-likeness (QED) is 0.808. The second-order valence-electron chi connectivity index (χ2n) is 7.34. The Hall–Kier alpha value is -0.790. The second-order valence-corrected chi connectivity index (χ2v) is 7.34. The molecule has 0 heterocycles. The van der Waals surface area contributed by atoms with Gasteiger partial charge >= 0.3 is 5.97 Å². The number of aliphatic carboxylic acids is 1. The molecule has 0 amide bonds. The molecule has 4 aliphatic carbocycles. The lowest BCUT2D eigenvalue weighted by Crippen LogP contribution is -2.31. The van der Waals surface area contributed by atoms with Gasteiger partial charge < -0.3 is 5.11 Å². The van der Waals surface area contributed by atoms with Crippen LogP contribution in [0.4, 0.5) is 0 Å². The topological polar surface area (TPSA) is 37.3 Å². The maximum Gasteiger partial charge on any atom is 0.331 e. The van der Waals surface area contributed by atoms with Crippen LogP contribution in [0, 0.1) is 29.1 Å². The van der Waals surface area contributed by atoms with Crippen LogP contribution in [-0.2, 0) is 4.79 Å². The highest BCUT2D eigenvalue weighted by molar-refractivity contribution is 5.89. The minimum absolute atomic E-state index is 0.247. The molecule has 98 valence electrons. The van der Waals surface area contributed by atoms with Gasteiger partial charge in [-0.05, 0) is 67.6 Å². The van der Waals surface area contributed by atoms with E-state index in [4.69, 9.17) is 0 Å². The standard InChI is InChI=1S/C16H22O2/c1-16(8-9-2-5-12(16)6-9)14-11-4-3-10(7-11)13(14)15(17)18/h9-12H,2-8H2,1H3,(H,17,18). The predicted molar refractivity (Wildman–Crippen MR) is 69.0 cm³/mol. The number of rotatable bonds is 2. The lowest BCUT2D eigenvalue weighted by Gasteiger charge is -2.39. The molecule has 4 bridgehead atoms. The number of carboxylic acids is 1. The van der Waals surface area contributed by atoms with E-state index in [1.807, 2.05) is 0 Å². The van der Waals surface area contributed by atoms with E-state index in [0.717, 1.165) is 30.3 Å². The first-order valence-electron chi connectivity index (χ1n) is 7.57. The average Bonchev–Trinajstić information content (AvgIpc) is 3.06. The third kappa shape index (κ3) is 1.22. The van der Waals surface area contributed by atoms with Crippen LogP contribution in [0.2, 0.25) is 0 Å². The van der Waals surface area contributed by atoms with E-state index < -0.39 is 5.97 Å². The van der Waals surface area contributed by atoms with E-state index >= 15 is 0 Å². The summed E-state index contributed by atoms with van der Waals surface area (Å²) in [4.78, 5) is 11.6. The normalized spacial score (nSPS) is 49.4. The third-order valence-electron chi connectivity index (χ3n) is 6.54. The molecule has 0 aromatic rings. The number of fused-ring (bicyclic) bond motifs is 4. The molecule has 3 fully saturated rings. The molecule has 2 heteroatoms. The highest BCUT2D eigenvalue weighted by Crippen LogP contribution is 2.65. The van der Waals surface area contributed by atoms with Gasteiger partial charge in [-0.25, -0.2) is 4.79 Å². The largest absolute Gasteiger partial charge is 0.478 e. The Morgan fingerprint density at radius 1 is 1.17 bits per heavy atom. The van der Waals surface area contributed by atoms with Crippen LogP contribution in [-0.4, -0.2) is 11.1 Å². The first-order chi connectivity index (χ1) is 8.59. The van der Waals surface area contributed by atoms with Crippen molar-refractivity contribution in [2.45, 2.75) is 51.9 Å². The molecule has 2 nitrogen and oxygen atoms in total. The Balaban J connectivity index is 1.81. The molecule has 0 spiro atoms. The van der Waals surface area contributed by atoms with Crippen LogP contribution in [0.5, 0.6) is 0 Å². The van der Waals surface area contributed by atoms with E-state index in [1.165, 1.54) is 37.7 Å². The fourth-order valence-corrected chi connectivity index (χ4v) is 5.94. The number of carbonyl (C=O) groups is 1. The van der Waals surface area contributed by atoms with Gasteiger partial charge in [-0.15, -0.1) is 0 Å². The molecule has 18 heavy (non-hydrogen) atoms. The summed E-state index contributed by atoms with van der Waals surface area (Å²) in [6.45, 7) is 2.38. The van der Waals surface area contributed by atoms with Gasteiger partial charge in [0.1, 0.15) is 0 Å². The molecular formula is C16H22O2. The minimum Gasteiger partial charge on any atom is -0.478 e. The molecule has 4 aliphatic rings. The Kier molecular flexibility index (Phi) is 2.09. The van der Waals surface area contributed by atoms with Crippen LogP contribution < -0.4 is 0 Å². The predicted octanol–water partition coefficient (Wildman–Crippen LogP) is 3.62. The van der Waals surface area contributed by atoms with E-state index in [0.29, 0.717) is 11.8 Å². The van der Waals surface area contributed by atoms with E-state index in [9.17, 15) is 9.90 Å². The van der Waals surface area contributed by atoms with E-state index in [-0.39, 0.29) is 5.41 Å². The summed E-state index contributed by atoms with van der Waals surface area (Å²) >= 11 is 0. The molecule has 5 unspecified atom stereocenters. The monoisotopic (exact) mass is 246 g/mol. The number of carboxylic acid groups (broad SMARTS) is 1. The fourth-order valence-electron chi connectivity index (χ4n) is 5.94. The summed E-state index contributed by atoms with van der Waals surface area (Å²) in [5, 5.41) is 9.59. The van der Waals surface area contributed by atoms with Gasteiger partial charge in [0, 0.05) is 5.57 Å². The van der Waals surface area contributed by atoms with Crippen molar-refractivity contribution in [3.63, 3.8) is 0 Å². The zero-order valence-corrected chi connectivity index (χ0v) is 11.1. The van der Waals surface area contributed by atoms with E-state index in [1.54, 1.807) is 0 Å². The Morgan fingerprint density at radius 3 is 2.56 bits per heavy atom. The van der Waals surface area contributed by atoms with Gasteiger partial charge in [0.05, 0.1) is 0 Å². The molecule has 1 N–H and O–H groups in total. The van der Waals surface area contributed by atoms with Crippen LogP contribution in [0.25, 0.3) is 0 Å². The second kappa shape index (κ2) is 3.40. The molecule has 0 aromatic carbocycles. The Bertz CT molecular complexity index is 450. The van der Waals surface area contributed by atoms with Crippen LogP contribution in [0.1, 0.15) is 51.9 Å². The van der Waals surface area contributed by atoms with Gasteiger partial charge in [0.15, 0.2) is 0 Å². The summed E-state index contributed by atoms with van der Waals surface area (Å²) in [7, 11) is 0. The molecule has 5 atom stereocenters. The average molecular weight is 246 g/mol. The summed E-state index contributed by atoms with van der Waals surface area (Å²) in [6.07, 6.45) is 8.89. The van der Waals surface area contributed by atoms with Crippen LogP contribution in [0.15, 0.2) is 11.1 Å². The number of hydrogen-bond acceptors (Lipinski definition) is 1. The van der Waals surface area contributed by atoms with Gasteiger partial charge in [0.25, 0.3) is 0 Å². The molecular weight excluding hydrogens is 224 g/mol. The minimum atomic E-state index is -0.610. The highest BCUT2D eigenvalue weighted by Gasteiger charge is 2.56. The van der Waals surface area contributed by atoms with Gasteiger partial charge in [-0.1, -0.05) is 18.9 Å². The number of allylic oxidation sites excluding steroid dienone is 1. The van der Waals surface area contributed by atoms with Crippen molar-refractivity contribution in [2.24, 2.45) is 29.1 Å². The smallest absolute Gasteiger partial charge is 0.331 e. The SMILES string of the molecule is CC1(C2=C(C(=O)O)C3CCC2C3)CC2CCC1C2. The lowest BCUT2D eigenvalue weighted by molar-refractivity contribution is -0.133. The maximum absolute atomic E-state index is 11.6. The first-order valence-corrected chi connectivity index (χ1v) is 7.57. The van der Waals surface area contributed by atoms with Gasteiger partial charge in [0.2, 0.25) is 0 Å². The van der Waals surface area contributed by atoms with Crippen molar-refractivity contribution in [2.75, 3.05) is 0 Å². The fraction of sp³-hybridized carbons (Fsp3) is 0.812. The van der Waals surface area contributed by atoms with E-state index in [2.05, 4.69) is 6.92 Å². The van der Waals surface area contributed by atoms with Crippen molar-refractivity contribution < 1.29 is 9.90 Å². The van der Waals surface area contributed by atoms with Crippen LogP contribution in [0.3, 0.4) is 0 Å². The van der Waals surface area contributed by atoms with Crippen LogP contribution >= 0.6 is 0 Å². The summed E-state index contributed by atoms with van der Waals surface area (Å²) in [5.41, 5.74) is 2.50. The van der Waals surface area contributed by atoms with Gasteiger partial charge in [-0.2, -0.15) is 0 Å². The van der Waals surface area contributed by atoms with Gasteiger partial charge in [-0.3, -0.25) is 0 Å². The molecule has 0 aromatic heterocycles. The molecule has 4 rings (SSSR count). The van der Waals surface area contributed by atoms with Crippen molar-refractivity contribution >= 4 is 5.97 Å². The van der Waals surface area contributed by atoms with Crippen molar-refractivity contribution in [3.8, 4) is 0 Å². The summed E-state index contributed by atoms with van der Waals surface area (Å²) in [6, 6.07) is 0. The van der Waals surface area contributed by atoms with Crippen molar-refractivity contribution in [3.05, 3.63) is 11.1 Å². The highest BCUT2D eigenvalue weighted by atomic mass is 16.4. The molecule has 0 saturated heterocycles. The zero-order valence-electron chi connectivity index (χ0n) is 11.1. The van der Waals surface area contributed by atoms with Crippen molar-refractivity contribution in [1.29, 1.82) is 0 Å².